The van der Waals surface area contributed by atoms with E-state index in [1.807, 2.05) is 0 Å². The lowest BCUT2D eigenvalue weighted by Crippen LogP contribution is -2.41. The number of hydrogen-bond acceptors (Lipinski definition) is 2. The average molecular weight is 371 g/mol. The second-order valence-corrected chi connectivity index (χ2v) is 4.38. The van der Waals surface area contributed by atoms with Crippen LogP contribution < -0.4 is 10.6 Å². The van der Waals surface area contributed by atoms with E-state index in [4.69, 9.17) is 4.74 Å². The number of guanidine groups is 1. The Bertz CT molecular complexity index is 199. The minimum atomic E-state index is 0. The molecule has 0 atom stereocenters. The van der Waals surface area contributed by atoms with Crippen LogP contribution in [0.2, 0.25) is 0 Å². The average Bonchev–Trinajstić information content (AvgIpc) is 2.27. The van der Waals surface area contributed by atoms with Crippen LogP contribution in [0, 0.1) is 0 Å². The molecule has 0 unspecified atom stereocenters. The molecule has 2 N–H and O–H groups in total. The molecule has 0 aliphatic heterocycles. The molecule has 0 aromatic rings. The number of aliphatic imine (C=N–C) groups is 1. The van der Waals surface area contributed by atoms with Crippen LogP contribution in [0.25, 0.3) is 0 Å². The molecule has 0 fully saturated rings. The third kappa shape index (κ3) is 14.0. The summed E-state index contributed by atoms with van der Waals surface area (Å²) in [4.78, 5) is 4.49. The summed E-state index contributed by atoms with van der Waals surface area (Å²) in [6, 6.07) is 0.411. The molecule has 0 aliphatic carbocycles. The van der Waals surface area contributed by atoms with Crippen molar-refractivity contribution in [3.63, 3.8) is 0 Å². The number of nitrogens with one attached hydrogen (secondary N) is 2. The summed E-state index contributed by atoms with van der Waals surface area (Å²) in [5.41, 5.74) is 0. The summed E-state index contributed by atoms with van der Waals surface area (Å²) in [6.45, 7) is 11.9. The van der Waals surface area contributed by atoms with Crippen molar-refractivity contribution in [3.05, 3.63) is 0 Å². The molecule has 0 saturated carbocycles. The highest BCUT2D eigenvalue weighted by Crippen LogP contribution is 1.90. The maximum atomic E-state index is 5.49. The first-order valence-electron chi connectivity index (χ1n) is 6.83. The van der Waals surface area contributed by atoms with Crippen LogP contribution in [-0.4, -0.2) is 38.3 Å². The van der Waals surface area contributed by atoms with Crippen molar-refractivity contribution in [3.8, 4) is 0 Å². The van der Waals surface area contributed by atoms with E-state index in [0.29, 0.717) is 6.04 Å². The van der Waals surface area contributed by atoms with Gasteiger partial charge >= 0.3 is 0 Å². The van der Waals surface area contributed by atoms with Gasteiger partial charge in [-0.2, -0.15) is 0 Å². The van der Waals surface area contributed by atoms with Gasteiger partial charge in [0.05, 0.1) is 0 Å². The van der Waals surface area contributed by atoms with Crippen molar-refractivity contribution in [2.24, 2.45) is 4.99 Å². The molecule has 0 aromatic heterocycles. The zero-order chi connectivity index (χ0) is 12.9. The maximum Gasteiger partial charge on any atom is 0.191 e. The van der Waals surface area contributed by atoms with Crippen molar-refractivity contribution < 1.29 is 4.74 Å². The van der Waals surface area contributed by atoms with Gasteiger partial charge in [0.2, 0.25) is 0 Å². The summed E-state index contributed by atoms with van der Waals surface area (Å²) in [6.07, 6.45) is 3.33. The number of ether oxygens (including phenoxy) is 1. The molecule has 0 saturated heterocycles. The fourth-order valence-corrected chi connectivity index (χ4v) is 1.30. The van der Waals surface area contributed by atoms with E-state index in [1.165, 1.54) is 6.42 Å². The standard InChI is InChI=1S/C13H29N3O.HI/c1-5-7-10-17-11-8-9-15-13(14-6-2)16-12(3)4;/h12H,5-11H2,1-4H3,(H2,14,15,16);1H. The lowest BCUT2D eigenvalue weighted by atomic mass is 10.4. The minimum Gasteiger partial charge on any atom is -0.381 e. The second kappa shape index (κ2) is 15.0. The van der Waals surface area contributed by atoms with Crippen LogP contribution in [0.1, 0.15) is 47.0 Å². The minimum absolute atomic E-state index is 0. The summed E-state index contributed by atoms with van der Waals surface area (Å²) in [7, 11) is 0. The van der Waals surface area contributed by atoms with Crippen LogP contribution in [0.4, 0.5) is 0 Å². The van der Waals surface area contributed by atoms with E-state index < -0.39 is 0 Å². The highest BCUT2D eigenvalue weighted by Gasteiger charge is 1.98. The van der Waals surface area contributed by atoms with Gasteiger partial charge in [-0.3, -0.25) is 4.99 Å². The Hall–Kier alpha value is -0.0400. The summed E-state index contributed by atoms with van der Waals surface area (Å²) in [5, 5.41) is 6.51. The smallest absolute Gasteiger partial charge is 0.191 e. The predicted octanol–water partition coefficient (Wildman–Crippen LogP) is 2.77. The molecule has 0 aliphatic rings. The number of unbranched alkanes of at least 4 members (excludes halogenated alkanes) is 1. The van der Waals surface area contributed by atoms with Crippen molar-refractivity contribution in [2.45, 2.75) is 53.0 Å². The number of hydrogen-bond donors (Lipinski definition) is 2. The Morgan fingerprint density at radius 3 is 2.39 bits per heavy atom. The molecule has 4 nitrogen and oxygen atoms in total. The SMILES string of the molecule is CCCCOCCCN=C(NCC)NC(C)C.I. The summed E-state index contributed by atoms with van der Waals surface area (Å²) >= 11 is 0. The van der Waals surface area contributed by atoms with E-state index in [-0.39, 0.29) is 24.0 Å². The number of nitrogens with zero attached hydrogens (tertiary/aromatic N) is 1. The Balaban J connectivity index is 0. The van der Waals surface area contributed by atoms with E-state index in [2.05, 4.69) is 43.3 Å². The molecule has 110 valence electrons. The third-order valence-corrected chi connectivity index (χ3v) is 2.13. The van der Waals surface area contributed by atoms with Gasteiger partial charge in [-0.05, 0) is 33.6 Å². The molecule has 0 bridgehead atoms. The number of rotatable bonds is 9. The van der Waals surface area contributed by atoms with Gasteiger partial charge < -0.3 is 15.4 Å². The molecule has 0 amide bonds. The Morgan fingerprint density at radius 1 is 1.17 bits per heavy atom. The van der Waals surface area contributed by atoms with Gasteiger partial charge in [0.25, 0.3) is 0 Å². The van der Waals surface area contributed by atoms with Gasteiger partial charge in [0.15, 0.2) is 5.96 Å². The molecule has 0 aromatic carbocycles. The molecule has 18 heavy (non-hydrogen) atoms. The van der Waals surface area contributed by atoms with E-state index >= 15 is 0 Å². The first kappa shape index (κ1) is 20.3. The van der Waals surface area contributed by atoms with Gasteiger partial charge in [0.1, 0.15) is 0 Å². The molecule has 5 heteroatoms. The van der Waals surface area contributed by atoms with Gasteiger partial charge in [-0.25, -0.2) is 0 Å². The first-order valence-corrected chi connectivity index (χ1v) is 6.83. The van der Waals surface area contributed by atoms with Crippen LogP contribution >= 0.6 is 24.0 Å². The van der Waals surface area contributed by atoms with Crippen molar-refractivity contribution in [2.75, 3.05) is 26.3 Å². The third-order valence-electron chi connectivity index (χ3n) is 2.13. The first-order chi connectivity index (χ1) is 8.20. The highest BCUT2D eigenvalue weighted by atomic mass is 127. The molecule has 0 heterocycles. The van der Waals surface area contributed by atoms with Crippen molar-refractivity contribution >= 4 is 29.9 Å². The van der Waals surface area contributed by atoms with Crippen LogP contribution in [0.15, 0.2) is 4.99 Å². The topological polar surface area (TPSA) is 45.6 Å². The van der Waals surface area contributed by atoms with E-state index in [9.17, 15) is 0 Å². The highest BCUT2D eigenvalue weighted by molar-refractivity contribution is 14.0. The summed E-state index contributed by atoms with van der Waals surface area (Å²) < 4.78 is 5.49. The lowest BCUT2D eigenvalue weighted by Gasteiger charge is -2.13. The normalized spacial score (nSPS) is 11.3. The second-order valence-electron chi connectivity index (χ2n) is 4.38. The number of halogens is 1. The van der Waals surface area contributed by atoms with Crippen LogP contribution in [0.5, 0.6) is 0 Å². The van der Waals surface area contributed by atoms with Crippen LogP contribution in [0.3, 0.4) is 0 Å². The van der Waals surface area contributed by atoms with Crippen molar-refractivity contribution in [1.29, 1.82) is 0 Å². The van der Waals surface area contributed by atoms with E-state index in [0.717, 1.165) is 45.1 Å². The monoisotopic (exact) mass is 371 g/mol. The zero-order valence-corrected chi connectivity index (χ0v) is 14.6. The van der Waals surface area contributed by atoms with Crippen LogP contribution in [-0.2, 0) is 4.74 Å². The fourth-order valence-electron chi connectivity index (χ4n) is 1.30. The lowest BCUT2D eigenvalue weighted by molar-refractivity contribution is 0.130. The van der Waals surface area contributed by atoms with Gasteiger partial charge in [0, 0.05) is 32.3 Å². The van der Waals surface area contributed by atoms with Gasteiger partial charge in [-0.1, -0.05) is 13.3 Å². The molecular weight excluding hydrogens is 341 g/mol. The van der Waals surface area contributed by atoms with E-state index in [1.54, 1.807) is 0 Å². The molecular formula is C13H30IN3O. The molecule has 0 spiro atoms. The predicted molar refractivity (Wildman–Crippen MR) is 90.0 cm³/mol. The molecule has 0 radical (unpaired) electrons. The quantitative estimate of drug-likeness (QED) is 0.284. The van der Waals surface area contributed by atoms with Crippen molar-refractivity contribution in [1.82, 2.24) is 10.6 Å². The maximum absolute atomic E-state index is 5.49. The molecule has 0 rings (SSSR count). The fraction of sp³-hybridized carbons (Fsp3) is 0.923. The Kier molecular flexibility index (Phi) is 16.9. The largest absolute Gasteiger partial charge is 0.381 e. The van der Waals surface area contributed by atoms with Gasteiger partial charge in [-0.15, -0.1) is 24.0 Å². The Morgan fingerprint density at radius 2 is 1.83 bits per heavy atom. The summed E-state index contributed by atoms with van der Waals surface area (Å²) in [5.74, 6) is 0.899. The Labute approximate surface area is 129 Å². The zero-order valence-electron chi connectivity index (χ0n) is 12.3.